The Hall–Kier alpha value is -2.69. The van der Waals surface area contributed by atoms with E-state index in [0.29, 0.717) is 5.69 Å². The van der Waals surface area contributed by atoms with Crippen molar-refractivity contribution in [1.82, 2.24) is 9.55 Å². The first kappa shape index (κ1) is 15.2. The lowest BCUT2D eigenvalue weighted by Gasteiger charge is -2.09. The van der Waals surface area contributed by atoms with Gasteiger partial charge in [-0.2, -0.15) is 0 Å². The number of fused-ring (bicyclic) bond motifs is 1. The predicted molar refractivity (Wildman–Crippen MR) is 89.0 cm³/mol. The topological polar surface area (TPSA) is 46.9 Å². The first-order chi connectivity index (χ1) is 10.9. The summed E-state index contributed by atoms with van der Waals surface area (Å²) in [7, 11) is 0. The lowest BCUT2D eigenvalue weighted by molar-refractivity contribution is -0.116. The average molecular weight is 311 g/mol. The van der Waals surface area contributed by atoms with E-state index in [0.717, 1.165) is 22.4 Å². The highest BCUT2D eigenvalue weighted by Crippen LogP contribution is 2.20. The summed E-state index contributed by atoms with van der Waals surface area (Å²) in [5.41, 5.74) is 4.75. The van der Waals surface area contributed by atoms with E-state index in [1.807, 2.05) is 31.4 Å². The summed E-state index contributed by atoms with van der Waals surface area (Å²) in [5.74, 6) is 0.293. The Morgan fingerprint density at radius 2 is 1.78 bits per heavy atom. The molecule has 0 bridgehead atoms. The molecule has 1 heterocycles. The van der Waals surface area contributed by atoms with Crippen LogP contribution in [0.3, 0.4) is 0 Å². The van der Waals surface area contributed by atoms with Crippen molar-refractivity contribution >= 4 is 22.6 Å². The Bertz CT molecular complexity index is 881. The van der Waals surface area contributed by atoms with Crippen molar-refractivity contribution in [1.29, 1.82) is 0 Å². The van der Waals surface area contributed by atoms with Gasteiger partial charge in [0.25, 0.3) is 0 Å². The molecule has 0 saturated carbocycles. The molecule has 0 spiro atoms. The van der Waals surface area contributed by atoms with Gasteiger partial charge in [0.1, 0.15) is 18.2 Å². The van der Waals surface area contributed by atoms with Gasteiger partial charge in [-0.3, -0.25) is 4.79 Å². The first-order valence-corrected chi connectivity index (χ1v) is 7.43. The quantitative estimate of drug-likeness (QED) is 0.801. The summed E-state index contributed by atoms with van der Waals surface area (Å²) in [4.78, 5) is 16.8. The zero-order valence-electron chi connectivity index (χ0n) is 13.4. The molecule has 0 saturated heterocycles. The van der Waals surface area contributed by atoms with Crippen LogP contribution in [-0.4, -0.2) is 15.5 Å². The highest BCUT2D eigenvalue weighted by Gasteiger charge is 2.12. The molecule has 0 radical (unpaired) electrons. The molecule has 5 heteroatoms. The number of benzene rings is 2. The van der Waals surface area contributed by atoms with Crippen molar-refractivity contribution in [3.8, 4) is 0 Å². The van der Waals surface area contributed by atoms with Crippen LogP contribution >= 0.6 is 0 Å². The Morgan fingerprint density at radius 3 is 2.48 bits per heavy atom. The number of amides is 1. The fraction of sp³-hybridized carbons (Fsp3) is 0.222. The van der Waals surface area contributed by atoms with Crippen LogP contribution in [0.25, 0.3) is 11.0 Å². The number of hydrogen-bond donors (Lipinski definition) is 1. The van der Waals surface area contributed by atoms with Crippen molar-refractivity contribution in [2.45, 2.75) is 27.3 Å². The zero-order valence-corrected chi connectivity index (χ0v) is 13.4. The van der Waals surface area contributed by atoms with Crippen molar-refractivity contribution in [2.75, 3.05) is 5.32 Å². The molecule has 0 aliphatic carbocycles. The summed E-state index contributed by atoms with van der Waals surface area (Å²) < 4.78 is 14.8. The molecule has 3 aromatic rings. The molecule has 0 aliphatic heterocycles. The fourth-order valence-electron chi connectivity index (χ4n) is 2.58. The van der Waals surface area contributed by atoms with Crippen molar-refractivity contribution in [3.63, 3.8) is 0 Å². The number of hydrogen-bond acceptors (Lipinski definition) is 2. The Labute approximate surface area is 134 Å². The minimum Gasteiger partial charge on any atom is -0.325 e. The number of anilines is 1. The number of carbonyl (C=O) groups excluding carboxylic acids is 1. The van der Waals surface area contributed by atoms with Gasteiger partial charge < -0.3 is 9.88 Å². The Kier molecular flexibility index (Phi) is 3.86. The maximum atomic E-state index is 12.9. The molecule has 1 aromatic heterocycles. The minimum atomic E-state index is -0.328. The smallest absolute Gasteiger partial charge is 0.244 e. The van der Waals surface area contributed by atoms with Crippen LogP contribution in [0.15, 0.2) is 36.4 Å². The van der Waals surface area contributed by atoms with Crippen LogP contribution in [0.2, 0.25) is 0 Å². The summed E-state index contributed by atoms with van der Waals surface area (Å²) in [5, 5.41) is 2.77. The van der Waals surface area contributed by atoms with Crippen LogP contribution in [0.4, 0.5) is 10.1 Å². The van der Waals surface area contributed by atoms with Gasteiger partial charge in [0, 0.05) is 5.69 Å². The molecular weight excluding hydrogens is 293 g/mol. The monoisotopic (exact) mass is 311 g/mol. The van der Waals surface area contributed by atoms with Crippen LogP contribution in [0.1, 0.15) is 17.0 Å². The lowest BCUT2D eigenvalue weighted by atomic mass is 10.1. The zero-order chi connectivity index (χ0) is 16.6. The number of halogens is 1. The highest BCUT2D eigenvalue weighted by molar-refractivity contribution is 5.91. The Morgan fingerprint density at radius 1 is 1.13 bits per heavy atom. The molecule has 1 N–H and O–H groups in total. The molecule has 23 heavy (non-hydrogen) atoms. The Balaban J connectivity index is 1.86. The third kappa shape index (κ3) is 3.08. The SMILES string of the molecule is Cc1cc2nc(C)n(CC(=O)Nc3ccc(F)cc3)c2cc1C. The van der Waals surface area contributed by atoms with Gasteiger partial charge in [-0.1, -0.05) is 0 Å². The normalized spacial score (nSPS) is 11.0. The van der Waals surface area contributed by atoms with Crippen LogP contribution in [0.5, 0.6) is 0 Å². The summed E-state index contributed by atoms with van der Waals surface area (Å²) in [6.45, 7) is 6.14. The van der Waals surface area contributed by atoms with Crippen molar-refractivity contribution < 1.29 is 9.18 Å². The summed E-state index contributed by atoms with van der Waals surface area (Å²) in [6, 6.07) is 9.81. The molecule has 2 aromatic carbocycles. The molecule has 4 nitrogen and oxygen atoms in total. The van der Waals surface area contributed by atoms with Gasteiger partial charge >= 0.3 is 0 Å². The highest BCUT2D eigenvalue weighted by atomic mass is 19.1. The number of rotatable bonds is 3. The lowest BCUT2D eigenvalue weighted by Crippen LogP contribution is -2.19. The van der Waals surface area contributed by atoms with Gasteiger partial charge in [-0.15, -0.1) is 0 Å². The summed E-state index contributed by atoms with van der Waals surface area (Å²) >= 11 is 0. The van der Waals surface area contributed by atoms with Gasteiger partial charge in [0.2, 0.25) is 5.91 Å². The standard InChI is InChI=1S/C18H18FN3O/c1-11-8-16-17(9-12(11)2)22(13(3)20-16)10-18(23)21-15-6-4-14(19)5-7-15/h4-9H,10H2,1-3H3,(H,21,23). The molecule has 0 aliphatic rings. The van der Waals surface area contributed by atoms with E-state index in [4.69, 9.17) is 0 Å². The maximum Gasteiger partial charge on any atom is 0.244 e. The molecule has 3 rings (SSSR count). The minimum absolute atomic E-state index is 0.169. The second-order valence-corrected chi connectivity index (χ2v) is 5.73. The molecule has 1 amide bonds. The maximum absolute atomic E-state index is 12.9. The number of nitrogens with zero attached hydrogens (tertiary/aromatic N) is 2. The number of nitrogens with one attached hydrogen (secondary N) is 1. The molecule has 0 unspecified atom stereocenters. The number of carbonyl (C=O) groups is 1. The third-order valence-corrected chi connectivity index (χ3v) is 3.98. The van der Waals surface area contributed by atoms with E-state index >= 15 is 0 Å². The van der Waals surface area contributed by atoms with Crippen LogP contribution < -0.4 is 5.32 Å². The van der Waals surface area contributed by atoms with Crippen molar-refractivity contribution in [2.24, 2.45) is 0 Å². The van der Waals surface area contributed by atoms with E-state index in [1.165, 1.54) is 17.7 Å². The second-order valence-electron chi connectivity index (χ2n) is 5.73. The molecule has 118 valence electrons. The van der Waals surface area contributed by atoms with E-state index in [1.54, 1.807) is 12.1 Å². The average Bonchev–Trinajstić information content (AvgIpc) is 2.78. The first-order valence-electron chi connectivity index (χ1n) is 7.43. The van der Waals surface area contributed by atoms with Crippen LogP contribution in [0, 0.1) is 26.6 Å². The number of aryl methyl sites for hydroxylation is 3. The fourth-order valence-corrected chi connectivity index (χ4v) is 2.58. The largest absolute Gasteiger partial charge is 0.325 e. The number of aromatic nitrogens is 2. The van der Waals surface area contributed by atoms with Gasteiger partial charge in [0.05, 0.1) is 11.0 Å². The van der Waals surface area contributed by atoms with E-state index in [-0.39, 0.29) is 18.3 Å². The summed E-state index contributed by atoms with van der Waals surface area (Å²) in [6.07, 6.45) is 0. The van der Waals surface area contributed by atoms with Gasteiger partial charge in [-0.25, -0.2) is 9.37 Å². The second kappa shape index (κ2) is 5.83. The van der Waals surface area contributed by atoms with E-state index < -0.39 is 0 Å². The number of imidazole rings is 1. The molecule has 0 atom stereocenters. The molecular formula is C18H18FN3O. The third-order valence-electron chi connectivity index (χ3n) is 3.98. The van der Waals surface area contributed by atoms with E-state index in [2.05, 4.69) is 16.4 Å². The van der Waals surface area contributed by atoms with Crippen molar-refractivity contribution in [3.05, 3.63) is 59.2 Å². The predicted octanol–water partition coefficient (Wildman–Crippen LogP) is 3.74. The molecule has 0 fully saturated rings. The van der Waals surface area contributed by atoms with Crippen LogP contribution in [-0.2, 0) is 11.3 Å². The van der Waals surface area contributed by atoms with Gasteiger partial charge in [0.15, 0.2) is 0 Å². The van der Waals surface area contributed by atoms with E-state index in [9.17, 15) is 9.18 Å². The van der Waals surface area contributed by atoms with Gasteiger partial charge in [-0.05, 0) is 68.3 Å².